The number of carbonyl (C=O) groups excluding carboxylic acids is 1. The van der Waals surface area contributed by atoms with E-state index < -0.39 is 0 Å². The van der Waals surface area contributed by atoms with Crippen LogP contribution in [0.4, 0.5) is 11.4 Å². The molecule has 0 aromatic heterocycles. The van der Waals surface area contributed by atoms with E-state index in [0.717, 1.165) is 23.4 Å². The van der Waals surface area contributed by atoms with Crippen LogP contribution in [-0.4, -0.2) is 20.4 Å². The summed E-state index contributed by atoms with van der Waals surface area (Å²) in [7, 11) is 3.55. The second-order valence-electron chi connectivity index (χ2n) is 4.09. The van der Waals surface area contributed by atoms with E-state index in [4.69, 9.17) is 16.3 Å². The molecule has 0 aliphatic carbocycles. The quantitative estimate of drug-likeness (QED) is 0.792. The highest BCUT2D eigenvalue weighted by Crippen LogP contribution is 2.31. The van der Waals surface area contributed by atoms with E-state index in [1.165, 1.54) is 0 Å². The minimum absolute atomic E-state index is 0.544. The molecule has 0 aliphatic heterocycles. The van der Waals surface area contributed by atoms with Crippen LogP contribution in [0.2, 0.25) is 5.02 Å². The molecule has 0 atom stereocenters. The van der Waals surface area contributed by atoms with E-state index in [9.17, 15) is 4.79 Å². The zero-order valence-electron chi connectivity index (χ0n) is 10.8. The van der Waals surface area contributed by atoms with Gasteiger partial charge in [-0.3, -0.25) is 4.79 Å². The molecule has 0 saturated carbocycles. The molecular weight excluding hydrogens is 262 g/mol. The highest BCUT2D eigenvalue weighted by atomic mass is 35.5. The third-order valence-electron chi connectivity index (χ3n) is 2.93. The van der Waals surface area contributed by atoms with Crippen molar-refractivity contribution in [1.82, 2.24) is 0 Å². The number of methoxy groups -OCH3 is 1. The maximum absolute atomic E-state index is 10.7. The van der Waals surface area contributed by atoms with Gasteiger partial charge >= 0.3 is 0 Å². The van der Waals surface area contributed by atoms with Crippen LogP contribution in [0.3, 0.4) is 0 Å². The molecule has 2 rings (SSSR count). The minimum atomic E-state index is 0.544. The Morgan fingerprint density at radius 2 is 1.84 bits per heavy atom. The lowest BCUT2D eigenvalue weighted by molar-refractivity contribution is 0.112. The molecule has 2 aromatic carbocycles. The van der Waals surface area contributed by atoms with Gasteiger partial charge in [-0.1, -0.05) is 11.6 Å². The highest BCUT2D eigenvalue weighted by Gasteiger charge is 2.09. The van der Waals surface area contributed by atoms with Crippen molar-refractivity contribution in [3.8, 4) is 5.75 Å². The minimum Gasteiger partial charge on any atom is -0.497 e. The van der Waals surface area contributed by atoms with Gasteiger partial charge in [0.05, 0.1) is 17.8 Å². The Labute approximate surface area is 117 Å². The van der Waals surface area contributed by atoms with Gasteiger partial charge in [-0.15, -0.1) is 0 Å². The van der Waals surface area contributed by atoms with Gasteiger partial charge in [0.15, 0.2) is 0 Å². The average Bonchev–Trinajstić information content (AvgIpc) is 2.46. The molecule has 0 aliphatic rings. The predicted molar refractivity (Wildman–Crippen MR) is 77.9 cm³/mol. The number of hydrogen-bond donors (Lipinski definition) is 0. The summed E-state index contributed by atoms with van der Waals surface area (Å²) < 4.78 is 5.13. The van der Waals surface area contributed by atoms with Crippen molar-refractivity contribution in [3.63, 3.8) is 0 Å². The third-order valence-corrected chi connectivity index (χ3v) is 3.23. The summed E-state index contributed by atoms with van der Waals surface area (Å²) in [6, 6.07) is 12.9. The fourth-order valence-electron chi connectivity index (χ4n) is 1.81. The maximum atomic E-state index is 10.7. The van der Waals surface area contributed by atoms with Crippen molar-refractivity contribution >= 4 is 29.3 Å². The van der Waals surface area contributed by atoms with Gasteiger partial charge in [-0.05, 0) is 42.5 Å². The van der Waals surface area contributed by atoms with E-state index >= 15 is 0 Å². The molecule has 4 heteroatoms. The Morgan fingerprint density at radius 1 is 1.16 bits per heavy atom. The van der Waals surface area contributed by atoms with Crippen LogP contribution < -0.4 is 9.64 Å². The first kappa shape index (κ1) is 13.4. The van der Waals surface area contributed by atoms with Crippen molar-refractivity contribution < 1.29 is 9.53 Å². The van der Waals surface area contributed by atoms with Crippen molar-refractivity contribution in [2.24, 2.45) is 0 Å². The average molecular weight is 276 g/mol. The molecule has 19 heavy (non-hydrogen) atoms. The Bertz CT molecular complexity index is 581. The Balaban J connectivity index is 2.32. The lowest BCUT2D eigenvalue weighted by Crippen LogP contribution is -2.10. The topological polar surface area (TPSA) is 29.5 Å². The lowest BCUT2D eigenvalue weighted by atomic mass is 10.2. The van der Waals surface area contributed by atoms with Gasteiger partial charge in [0, 0.05) is 18.3 Å². The number of nitrogens with zero attached hydrogens (tertiary/aromatic N) is 1. The number of ether oxygens (including phenoxy) is 1. The molecule has 0 spiro atoms. The molecule has 0 bridgehead atoms. The lowest BCUT2D eigenvalue weighted by Gasteiger charge is -2.21. The summed E-state index contributed by atoms with van der Waals surface area (Å²) in [6.45, 7) is 0. The molecule has 3 nitrogen and oxygen atoms in total. The standard InChI is InChI=1S/C15H14ClNO2/c1-17(12-4-6-13(19-2)7-5-12)15-8-3-11(10-18)9-14(15)16/h3-10H,1-2H3. The fourth-order valence-corrected chi connectivity index (χ4v) is 2.13. The number of anilines is 2. The van der Waals surface area contributed by atoms with Crippen LogP contribution in [0.15, 0.2) is 42.5 Å². The van der Waals surface area contributed by atoms with E-state index in [1.807, 2.05) is 42.3 Å². The molecule has 0 radical (unpaired) electrons. The summed E-state index contributed by atoms with van der Waals surface area (Å²) in [5, 5.41) is 0.544. The van der Waals surface area contributed by atoms with Crippen molar-refractivity contribution in [1.29, 1.82) is 0 Å². The van der Waals surface area contributed by atoms with Crippen molar-refractivity contribution in [2.75, 3.05) is 19.1 Å². The number of rotatable bonds is 4. The fraction of sp³-hybridized carbons (Fsp3) is 0.133. The second-order valence-corrected chi connectivity index (χ2v) is 4.49. The number of aldehydes is 1. The van der Waals surface area contributed by atoms with Gasteiger partial charge in [0.2, 0.25) is 0 Å². The van der Waals surface area contributed by atoms with Gasteiger partial charge in [-0.25, -0.2) is 0 Å². The van der Waals surface area contributed by atoms with Gasteiger partial charge in [0.25, 0.3) is 0 Å². The van der Waals surface area contributed by atoms with Crippen LogP contribution in [0.5, 0.6) is 5.75 Å². The van der Waals surface area contributed by atoms with Crippen LogP contribution in [0.25, 0.3) is 0 Å². The first-order valence-corrected chi connectivity index (χ1v) is 6.16. The van der Waals surface area contributed by atoms with Crippen molar-refractivity contribution in [3.05, 3.63) is 53.1 Å². The number of benzene rings is 2. The Hall–Kier alpha value is -2.00. The van der Waals surface area contributed by atoms with E-state index in [1.54, 1.807) is 19.2 Å². The van der Waals surface area contributed by atoms with Crippen LogP contribution >= 0.6 is 11.6 Å². The second kappa shape index (κ2) is 5.76. The van der Waals surface area contributed by atoms with Gasteiger partial charge in [0.1, 0.15) is 12.0 Å². The molecular formula is C15H14ClNO2. The predicted octanol–water partition coefficient (Wildman–Crippen LogP) is 3.93. The van der Waals surface area contributed by atoms with Gasteiger partial charge in [-0.2, -0.15) is 0 Å². The normalized spacial score (nSPS) is 10.1. The van der Waals surface area contributed by atoms with Crippen LogP contribution in [-0.2, 0) is 0 Å². The molecule has 0 unspecified atom stereocenters. The first-order chi connectivity index (χ1) is 9.15. The summed E-state index contributed by atoms with van der Waals surface area (Å²) >= 11 is 6.19. The molecule has 0 heterocycles. The van der Waals surface area contributed by atoms with E-state index in [0.29, 0.717) is 10.6 Å². The number of halogens is 1. The highest BCUT2D eigenvalue weighted by molar-refractivity contribution is 6.33. The molecule has 0 amide bonds. The molecule has 2 aromatic rings. The number of hydrogen-bond acceptors (Lipinski definition) is 3. The third kappa shape index (κ3) is 2.88. The maximum Gasteiger partial charge on any atom is 0.150 e. The van der Waals surface area contributed by atoms with Gasteiger partial charge < -0.3 is 9.64 Å². The Morgan fingerprint density at radius 3 is 2.37 bits per heavy atom. The SMILES string of the molecule is COc1ccc(N(C)c2ccc(C=O)cc2Cl)cc1. The molecule has 98 valence electrons. The molecule has 0 fully saturated rings. The van der Waals surface area contributed by atoms with E-state index in [-0.39, 0.29) is 0 Å². The summed E-state index contributed by atoms with van der Waals surface area (Å²) in [4.78, 5) is 12.6. The van der Waals surface area contributed by atoms with Crippen LogP contribution in [0, 0.1) is 0 Å². The summed E-state index contributed by atoms with van der Waals surface area (Å²) in [5.74, 6) is 0.805. The zero-order chi connectivity index (χ0) is 13.8. The Kier molecular flexibility index (Phi) is 4.07. The first-order valence-electron chi connectivity index (χ1n) is 5.78. The number of carbonyl (C=O) groups is 1. The summed E-state index contributed by atoms with van der Waals surface area (Å²) in [5.41, 5.74) is 2.40. The van der Waals surface area contributed by atoms with E-state index in [2.05, 4.69) is 0 Å². The van der Waals surface area contributed by atoms with Crippen LogP contribution in [0.1, 0.15) is 10.4 Å². The van der Waals surface area contributed by atoms with Crippen molar-refractivity contribution in [2.45, 2.75) is 0 Å². The summed E-state index contributed by atoms with van der Waals surface area (Å²) in [6.07, 6.45) is 0.781. The zero-order valence-corrected chi connectivity index (χ0v) is 11.5. The monoisotopic (exact) mass is 275 g/mol. The molecule has 0 N–H and O–H groups in total. The largest absolute Gasteiger partial charge is 0.497 e. The molecule has 0 saturated heterocycles. The smallest absolute Gasteiger partial charge is 0.150 e.